The Kier molecular flexibility index (Phi) is 7.16. The fraction of sp³-hybridized carbons (Fsp3) is 0.697. The summed E-state index contributed by atoms with van der Waals surface area (Å²) in [7, 11) is 0. The van der Waals surface area contributed by atoms with Gasteiger partial charge in [-0.1, -0.05) is 32.0 Å². The first-order chi connectivity index (χ1) is 19.0. The first-order valence-corrected chi connectivity index (χ1v) is 15.3. The molecule has 0 bridgehead atoms. The van der Waals surface area contributed by atoms with Gasteiger partial charge in [0.15, 0.2) is 6.29 Å². The van der Waals surface area contributed by atoms with Gasteiger partial charge in [0.05, 0.1) is 23.7 Å². The van der Waals surface area contributed by atoms with Crippen LogP contribution in [0, 0.1) is 34.5 Å². The second kappa shape index (κ2) is 10.2. The van der Waals surface area contributed by atoms with Crippen LogP contribution in [0.2, 0.25) is 0 Å². The molecule has 3 N–H and O–H groups in total. The Balaban J connectivity index is 1.07. The van der Waals surface area contributed by atoms with Crippen LogP contribution in [0.5, 0.6) is 0 Å². The zero-order valence-corrected chi connectivity index (χ0v) is 24.1. The average Bonchev–Trinajstić information content (AvgIpc) is 3.22. The van der Waals surface area contributed by atoms with Crippen molar-refractivity contribution in [1.29, 1.82) is 0 Å². The Labute approximate surface area is 237 Å². The highest BCUT2D eigenvalue weighted by molar-refractivity contribution is 5.89. The van der Waals surface area contributed by atoms with E-state index in [1.807, 2.05) is 37.3 Å². The Morgan fingerprint density at radius 3 is 2.48 bits per heavy atom. The third-order valence-corrected chi connectivity index (χ3v) is 12.1. The average molecular weight is 552 g/mol. The van der Waals surface area contributed by atoms with E-state index in [0.717, 1.165) is 51.4 Å². The molecular weight excluding hydrogens is 506 g/mol. The van der Waals surface area contributed by atoms with Crippen LogP contribution in [-0.4, -0.2) is 47.2 Å². The molecule has 4 fully saturated rings. The number of carbonyl (C=O) groups excluding carboxylic acids is 1. The summed E-state index contributed by atoms with van der Waals surface area (Å²) in [6.07, 6.45) is 11.6. The molecule has 4 aliphatic carbocycles. The summed E-state index contributed by atoms with van der Waals surface area (Å²) < 4.78 is 18.3. The van der Waals surface area contributed by atoms with Crippen LogP contribution in [0.15, 0.2) is 42.5 Å². The predicted octanol–water partition coefficient (Wildman–Crippen LogP) is 5.72. The molecule has 4 saturated carbocycles. The maximum Gasteiger partial charge on any atom is 0.338 e. The van der Waals surface area contributed by atoms with Gasteiger partial charge in [-0.15, -0.1) is 0 Å². The van der Waals surface area contributed by atoms with Gasteiger partial charge < -0.3 is 25.1 Å². The minimum atomic E-state index is -0.667. The monoisotopic (exact) mass is 551 g/mol. The molecule has 1 aliphatic heterocycles. The van der Waals surface area contributed by atoms with E-state index in [4.69, 9.17) is 19.9 Å². The molecule has 7 heteroatoms. The molecule has 3 unspecified atom stereocenters. The topological polar surface area (TPSA) is 108 Å². The van der Waals surface area contributed by atoms with Crippen molar-refractivity contribution in [2.24, 2.45) is 40.2 Å². The number of hydrogen-bond donors (Lipinski definition) is 2. The fourth-order valence-electron chi connectivity index (χ4n) is 9.67. The van der Waals surface area contributed by atoms with Crippen LogP contribution >= 0.6 is 0 Å². The van der Waals surface area contributed by atoms with Gasteiger partial charge in [-0.3, -0.25) is 4.79 Å². The number of hydrogen-bond acceptors (Lipinski definition) is 6. The molecule has 0 spiro atoms. The highest BCUT2D eigenvalue weighted by atomic mass is 16.7. The minimum Gasteiger partial charge on any atom is -0.481 e. The van der Waals surface area contributed by atoms with E-state index in [1.165, 1.54) is 0 Å². The summed E-state index contributed by atoms with van der Waals surface area (Å²) in [5, 5.41) is 9.94. The lowest BCUT2D eigenvalue weighted by molar-refractivity contribution is -0.209. The Bertz CT molecular complexity index is 1150. The van der Waals surface area contributed by atoms with E-state index >= 15 is 0 Å². The lowest BCUT2D eigenvalue weighted by Gasteiger charge is -2.64. The normalized spacial score (nSPS) is 46.1. The van der Waals surface area contributed by atoms with Crippen LogP contribution in [0.25, 0.3) is 0 Å². The number of esters is 1. The van der Waals surface area contributed by atoms with Gasteiger partial charge in [-0.2, -0.15) is 0 Å². The van der Waals surface area contributed by atoms with E-state index in [9.17, 15) is 14.7 Å². The molecule has 11 atom stereocenters. The molecule has 6 rings (SSSR count). The molecule has 0 aromatic heterocycles. The second-order valence-corrected chi connectivity index (χ2v) is 13.8. The molecule has 7 nitrogen and oxygen atoms in total. The van der Waals surface area contributed by atoms with Crippen molar-refractivity contribution in [2.75, 3.05) is 0 Å². The Hall–Kier alpha value is -2.22. The quantitative estimate of drug-likeness (QED) is 0.356. The number of nitrogens with two attached hydrogens (primary N) is 1. The lowest BCUT2D eigenvalue weighted by atomic mass is 9.42. The van der Waals surface area contributed by atoms with Gasteiger partial charge >= 0.3 is 11.9 Å². The molecule has 5 aliphatic rings. The van der Waals surface area contributed by atoms with Gasteiger partial charge in [0.1, 0.15) is 6.10 Å². The van der Waals surface area contributed by atoms with Gasteiger partial charge in [-0.05, 0) is 118 Å². The van der Waals surface area contributed by atoms with Crippen LogP contribution in [-0.2, 0) is 19.0 Å². The van der Waals surface area contributed by atoms with Crippen molar-refractivity contribution in [2.45, 2.75) is 109 Å². The molecule has 0 amide bonds. The maximum absolute atomic E-state index is 12.5. The van der Waals surface area contributed by atoms with Gasteiger partial charge in [-0.25, -0.2) is 4.79 Å². The van der Waals surface area contributed by atoms with Crippen molar-refractivity contribution in [3.63, 3.8) is 0 Å². The molecule has 0 radical (unpaired) electrons. The molecule has 40 heavy (non-hydrogen) atoms. The number of carboxylic acids is 1. The van der Waals surface area contributed by atoms with Gasteiger partial charge in [0.2, 0.25) is 0 Å². The predicted molar refractivity (Wildman–Crippen MR) is 150 cm³/mol. The van der Waals surface area contributed by atoms with Crippen LogP contribution in [0.3, 0.4) is 0 Å². The van der Waals surface area contributed by atoms with Crippen molar-refractivity contribution >= 4 is 11.9 Å². The van der Waals surface area contributed by atoms with Crippen LogP contribution in [0.1, 0.15) is 88.9 Å². The largest absolute Gasteiger partial charge is 0.481 e. The van der Waals surface area contributed by atoms with Gasteiger partial charge in [0.25, 0.3) is 0 Å². The summed E-state index contributed by atoms with van der Waals surface area (Å²) in [6.45, 7) is 6.56. The summed E-state index contributed by atoms with van der Waals surface area (Å²) in [6, 6.07) is 9.01. The third kappa shape index (κ3) is 4.44. The second-order valence-electron chi connectivity index (χ2n) is 13.8. The zero-order valence-electron chi connectivity index (χ0n) is 24.1. The molecule has 1 heterocycles. The zero-order chi connectivity index (χ0) is 28.3. The Morgan fingerprint density at radius 2 is 1.75 bits per heavy atom. The molecular formula is C33H45NO6. The van der Waals surface area contributed by atoms with E-state index in [-0.39, 0.29) is 40.5 Å². The number of rotatable bonds is 5. The molecule has 1 aromatic carbocycles. The fourth-order valence-corrected chi connectivity index (χ4v) is 9.67. The van der Waals surface area contributed by atoms with E-state index in [2.05, 4.69) is 13.8 Å². The number of benzene rings is 1. The van der Waals surface area contributed by atoms with Crippen LogP contribution in [0.4, 0.5) is 0 Å². The first-order valence-electron chi connectivity index (χ1n) is 15.3. The molecule has 0 saturated heterocycles. The van der Waals surface area contributed by atoms with Crippen LogP contribution < -0.4 is 5.73 Å². The molecule has 1 aromatic rings. The van der Waals surface area contributed by atoms with Crippen molar-refractivity contribution in [1.82, 2.24) is 0 Å². The highest BCUT2D eigenvalue weighted by Crippen LogP contribution is 2.68. The standard InChI is InChI=1S/C33H45NO6/c1-20-27(40-30(37)21-7-5-4-6-8-21)11-12-28(38-20)39-23-13-16-31(2)22(19-23)9-10-25-24(31)14-17-32(3)26(29(35)36)15-18-33(25,32)34/h4-8,11-12,20,22-28H,9-10,13-19,34H2,1-3H3,(H,35,36)/t20-,22?,23?,24-,25-,26?,27+,28+,31+,32-,33-/m1/s1. The number of fused-ring (bicyclic) bond motifs is 5. The summed E-state index contributed by atoms with van der Waals surface area (Å²) in [5.74, 6) is 0.173. The minimum absolute atomic E-state index is 0.128. The lowest BCUT2D eigenvalue weighted by Crippen LogP contribution is -2.66. The summed E-state index contributed by atoms with van der Waals surface area (Å²) >= 11 is 0. The van der Waals surface area contributed by atoms with Crippen molar-refractivity contribution in [3.05, 3.63) is 48.0 Å². The smallest absolute Gasteiger partial charge is 0.338 e. The number of aliphatic carboxylic acids is 1. The summed E-state index contributed by atoms with van der Waals surface area (Å²) in [5.41, 5.74) is 7.31. The van der Waals surface area contributed by atoms with E-state index in [1.54, 1.807) is 12.1 Å². The number of ether oxygens (including phenoxy) is 3. The third-order valence-electron chi connectivity index (χ3n) is 12.1. The van der Waals surface area contributed by atoms with Gasteiger partial charge in [0, 0.05) is 5.54 Å². The highest BCUT2D eigenvalue weighted by Gasteiger charge is 2.67. The van der Waals surface area contributed by atoms with E-state index in [0.29, 0.717) is 29.7 Å². The Morgan fingerprint density at radius 1 is 0.975 bits per heavy atom. The van der Waals surface area contributed by atoms with Crippen molar-refractivity contribution in [3.8, 4) is 0 Å². The number of carboxylic acid groups (broad SMARTS) is 1. The first kappa shape index (κ1) is 27.9. The SMILES string of the molecule is C[C@H]1O[C@@H](OC2CC[C@@]3(C)C(CC[C@@H]4[C@H]3CC[C@]3(C)C(C(=O)O)CC[C@@]43N)C2)C=C[C@@H]1OC(=O)c1ccccc1. The number of carbonyl (C=O) groups is 2. The summed E-state index contributed by atoms with van der Waals surface area (Å²) in [4.78, 5) is 24.6. The van der Waals surface area contributed by atoms with Crippen molar-refractivity contribution < 1.29 is 28.9 Å². The van der Waals surface area contributed by atoms with E-state index < -0.39 is 18.4 Å². The maximum atomic E-state index is 12.5. The molecule has 218 valence electrons.